The number of benzene rings is 1. The maximum absolute atomic E-state index is 13.6. The van der Waals surface area contributed by atoms with Gasteiger partial charge in [0.05, 0.1) is 0 Å². The second kappa shape index (κ2) is 6.48. The minimum atomic E-state index is -1.82. The minimum Gasteiger partial charge on any atom is -0.432 e. The van der Waals surface area contributed by atoms with Crippen molar-refractivity contribution in [1.29, 1.82) is 0 Å². The minimum absolute atomic E-state index is 0.279. The van der Waals surface area contributed by atoms with Crippen molar-refractivity contribution in [2.45, 2.75) is 49.7 Å². The average Bonchev–Trinajstić information content (AvgIpc) is 2.94. The molecule has 3 aliphatic rings. The molecule has 1 aromatic carbocycles. The molecular weight excluding hydrogens is 342 g/mol. The van der Waals surface area contributed by atoms with E-state index in [1.807, 2.05) is 30.3 Å². The van der Waals surface area contributed by atoms with Gasteiger partial charge in [-0.2, -0.15) is 0 Å². The van der Waals surface area contributed by atoms with Gasteiger partial charge >= 0.3 is 5.97 Å². The predicted octanol–water partition coefficient (Wildman–Crippen LogP) is 3.06. The number of nitrogens with zero attached hydrogens (tertiary/aromatic N) is 1. The van der Waals surface area contributed by atoms with Crippen molar-refractivity contribution in [1.82, 2.24) is 4.90 Å². The molecule has 2 spiro atoms. The molecule has 2 aliphatic heterocycles. The number of rotatable bonds is 2. The van der Waals surface area contributed by atoms with Gasteiger partial charge in [0.15, 0.2) is 0 Å². The van der Waals surface area contributed by atoms with Crippen molar-refractivity contribution < 1.29 is 19.1 Å². The largest absolute Gasteiger partial charge is 0.432 e. The van der Waals surface area contributed by atoms with Crippen molar-refractivity contribution in [2.75, 3.05) is 7.05 Å². The SMILES string of the molecule is CN1C(=O)C2(OC(=O)C=C2/C=C/c2ccccc2)C(=O)C12CCCCCC2. The first-order chi connectivity index (χ1) is 13.0. The Hall–Kier alpha value is -2.69. The molecule has 1 saturated heterocycles. The van der Waals surface area contributed by atoms with E-state index in [9.17, 15) is 14.4 Å². The molecule has 2 heterocycles. The first kappa shape index (κ1) is 17.7. The number of ketones is 1. The van der Waals surface area contributed by atoms with E-state index in [1.54, 1.807) is 24.1 Å². The lowest BCUT2D eigenvalue weighted by atomic mass is 9.79. The number of hydrogen-bond acceptors (Lipinski definition) is 4. The van der Waals surface area contributed by atoms with Crippen LogP contribution >= 0.6 is 0 Å². The molecule has 1 unspecified atom stereocenters. The molecule has 1 aromatic rings. The van der Waals surface area contributed by atoms with Gasteiger partial charge in [-0.15, -0.1) is 0 Å². The molecule has 27 heavy (non-hydrogen) atoms. The zero-order chi connectivity index (χ0) is 19.1. The summed E-state index contributed by atoms with van der Waals surface area (Å²) < 4.78 is 5.45. The number of ether oxygens (including phenoxy) is 1. The third-order valence-corrected chi connectivity index (χ3v) is 6.11. The lowest BCUT2D eigenvalue weighted by Gasteiger charge is -2.33. The zero-order valence-electron chi connectivity index (χ0n) is 15.4. The van der Waals surface area contributed by atoms with E-state index in [1.165, 1.54) is 6.08 Å². The Morgan fingerprint density at radius 1 is 0.963 bits per heavy atom. The van der Waals surface area contributed by atoms with Gasteiger partial charge in [-0.05, 0) is 18.4 Å². The number of Topliss-reactive ketones (excluding diaryl/α,β-unsaturated/α-hetero) is 1. The molecule has 2 fully saturated rings. The maximum atomic E-state index is 13.6. The molecule has 5 nitrogen and oxygen atoms in total. The highest BCUT2D eigenvalue weighted by molar-refractivity contribution is 6.25. The van der Waals surface area contributed by atoms with Crippen molar-refractivity contribution in [3.05, 3.63) is 53.6 Å². The van der Waals surface area contributed by atoms with Gasteiger partial charge in [0.25, 0.3) is 11.5 Å². The summed E-state index contributed by atoms with van der Waals surface area (Å²) in [5.74, 6) is -1.34. The van der Waals surface area contributed by atoms with Crippen LogP contribution in [-0.2, 0) is 19.1 Å². The molecule has 1 atom stereocenters. The Morgan fingerprint density at radius 3 is 2.30 bits per heavy atom. The number of likely N-dealkylation sites (N-methyl/N-ethyl adjacent to an activating group) is 1. The van der Waals surface area contributed by atoms with Crippen molar-refractivity contribution in [2.24, 2.45) is 0 Å². The van der Waals surface area contributed by atoms with E-state index in [2.05, 4.69) is 0 Å². The topological polar surface area (TPSA) is 63.7 Å². The number of amides is 1. The van der Waals surface area contributed by atoms with Crippen molar-refractivity contribution in [3.63, 3.8) is 0 Å². The van der Waals surface area contributed by atoms with Crippen LogP contribution in [0.15, 0.2) is 48.1 Å². The van der Waals surface area contributed by atoms with E-state index in [4.69, 9.17) is 4.74 Å². The number of carbonyl (C=O) groups excluding carboxylic acids is 3. The summed E-state index contributed by atoms with van der Waals surface area (Å²) in [7, 11) is 1.67. The molecule has 4 rings (SSSR count). The fraction of sp³-hybridized carbons (Fsp3) is 0.409. The highest BCUT2D eigenvalue weighted by Crippen LogP contribution is 2.48. The molecule has 1 aliphatic carbocycles. The molecule has 0 bridgehead atoms. The summed E-state index contributed by atoms with van der Waals surface area (Å²) in [4.78, 5) is 40.5. The van der Waals surface area contributed by atoms with Gasteiger partial charge in [-0.1, -0.05) is 68.2 Å². The smallest absolute Gasteiger partial charge is 0.333 e. The Kier molecular flexibility index (Phi) is 4.25. The maximum Gasteiger partial charge on any atom is 0.333 e. The first-order valence-corrected chi connectivity index (χ1v) is 9.52. The van der Waals surface area contributed by atoms with Gasteiger partial charge in [-0.25, -0.2) is 4.79 Å². The molecular formula is C22H23NO4. The third kappa shape index (κ3) is 2.56. The van der Waals surface area contributed by atoms with Crippen LogP contribution in [0.2, 0.25) is 0 Å². The number of likely N-dealkylation sites (tertiary alicyclic amines) is 1. The monoisotopic (exact) mass is 365 g/mol. The number of carbonyl (C=O) groups is 3. The quantitative estimate of drug-likeness (QED) is 0.597. The summed E-state index contributed by atoms with van der Waals surface area (Å²) in [5.41, 5.74) is -1.43. The van der Waals surface area contributed by atoms with E-state index >= 15 is 0 Å². The van der Waals surface area contributed by atoms with Gasteiger partial charge in [0.1, 0.15) is 5.54 Å². The summed E-state index contributed by atoms with van der Waals surface area (Å²) in [5, 5.41) is 0. The van der Waals surface area contributed by atoms with Crippen LogP contribution in [0.3, 0.4) is 0 Å². The van der Waals surface area contributed by atoms with Crippen molar-refractivity contribution >= 4 is 23.7 Å². The van der Waals surface area contributed by atoms with E-state index in [0.717, 1.165) is 31.2 Å². The van der Waals surface area contributed by atoms with Crippen LogP contribution in [-0.4, -0.2) is 40.7 Å². The summed E-state index contributed by atoms with van der Waals surface area (Å²) >= 11 is 0. The predicted molar refractivity (Wildman–Crippen MR) is 101 cm³/mol. The second-order valence-corrected chi connectivity index (χ2v) is 7.59. The highest BCUT2D eigenvalue weighted by Gasteiger charge is 2.70. The summed E-state index contributed by atoms with van der Waals surface area (Å²) in [6.45, 7) is 0. The van der Waals surface area contributed by atoms with Gasteiger partial charge < -0.3 is 9.64 Å². The fourth-order valence-electron chi connectivity index (χ4n) is 4.61. The van der Waals surface area contributed by atoms with E-state index in [-0.39, 0.29) is 5.78 Å². The number of esters is 1. The Labute approximate surface area is 158 Å². The van der Waals surface area contributed by atoms with Crippen LogP contribution < -0.4 is 0 Å². The van der Waals surface area contributed by atoms with Crippen LogP contribution in [0, 0.1) is 0 Å². The van der Waals surface area contributed by atoms with Gasteiger partial charge in [0.2, 0.25) is 5.78 Å². The average molecular weight is 365 g/mol. The van der Waals surface area contributed by atoms with Gasteiger partial charge in [0, 0.05) is 18.7 Å². The molecule has 5 heteroatoms. The lowest BCUT2D eigenvalue weighted by molar-refractivity contribution is -0.160. The van der Waals surface area contributed by atoms with Crippen LogP contribution in [0.5, 0.6) is 0 Å². The molecule has 0 radical (unpaired) electrons. The van der Waals surface area contributed by atoms with E-state index in [0.29, 0.717) is 18.4 Å². The summed E-state index contributed by atoms with van der Waals surface area (Å²) in [6, 6.07) is 9.55. The molecule has 0 N–H and O–H groups in total. The van der Waals surface area contributed by atoms with Crippen molar-refractivity contribution in [3.8, 4) is 0 Å². The Bertz CT molecular complexity index is 846. The number of hydrogen-bond donors (Lipinski definition) is 0. The lowest BCUT2D eigenvalue weighted by Crippen LogP contribution is -2.49. The Morgan fingerprint density at radius 2 is 1.63 bits per heavy atom. The third-order valence-electron chi connectivity index (χ3n) is 6.11. The summed E-state index contributed by atoms with van der Waals surface area (Å²) in [6.07, 6.45) is 9.90. The molecule has 1 saturated carbocycles. The van der Waals surface area contributed by atoms with E-state index < -0.39 is 23.0 Å². The van der Waals surface area contributed by atoms with Gasteiger partial charge in [-0.3, -0.25) is 9.59 Å². The van der Waals surface area contributed by atoms with Crippen LogP contribution in [0.25, 0.3) is 6.08 Å². The second-order valence-electron chi connectivity index (χ2n) is 7.59. The standard InChI is InChI=1S/C22H23NO4/c1-23-20(26)22(19(25)21(23)13-7-2-3-8-14-21)17(15-18(24)27-22)12-11-16-9-5-4-6-10-16/h4-6,9-12,15H,2-3,7-8,13-14H2,1H3/b12-11+. The van der Waals surface area contributed by atoms with Crippen LogP contribution in [0.1, 0.15) is 44.1 Å². The molecule has 140 valence electrons. The fourth-order valence-corrected chi connectivity index (χ4v) is 4.61. The molecule has 1 amide bonds. The normalized spacial score (nSPS) is 27.5. The van der Waals surface area contributed by atoms with Crippen LogP contribution in [0.4, 0.5) is 0 Å². The highest BCUT2D eigenvalue weighted by atomic mass is 16.6. The zero-order valence-corrected chi connectivity index (χ0v) is 15.4. The molecule has 0 aromatic heterocycles. The first-order valence-electron chi connectivity index (χ1n) is 9.52. The Balaban J connectivity index is 1.75.